The number of amides is 3. The zero-order valence-electron chi connectivity index (χ0n) is 14.6. The van der Waals surface area contributed by atoms with E-state index in [4.69, 9.17) is 9.47 Å². The number of rotatable bonds is 9. The second-order valence-electron chi connectivity index (χ2n) is 5.85. The number of alkyl carbamates (subject to hydrolysis) is 1. The van der Waals surface area contributed by atoms with Crippen molar-refractivity contribution >= 4 is 36.5 Å². The molecular weight excluding hydrogens is 350 g/mol. The minimum Gasteiger partial charge on any atom is -0.460 e. The Morgan fingerprint density at radius 1 is 1.12 bits per heavy atom. The third kappa shape index (κ3) is 11.9. The lowest BCUT2D eigenvalue weighted by molar-refractivity contribution is -0.145. The maximum absolute atomic E-state index is 11.7. The Hall–Kier alpha value is -2.23. The number of thiol groups is 1. The quantitative estimate of drug-likeness (QED) is 0.251. The van der Waals surface area contributed by atoms with Crippen molar-refractivity contribution in [2.24, 2.45) is 0 Å². The largest absolute Gasteiger partial charge is 0.460 e. The molecule has 0 saturated heterocycles. The third-order valence-corrected chi connectivity index (χ3v) is 2.75. The molecule has 0 aliphatic carbocycles. The Bertz CT molecular complexity index is 504. The van der Waals surface area contributed by atoms with Crippen LogP contribution < -0.4 is 16.0 Å². The standard InChI is InChI=1S/C15H25N3O6S/c1-5-6-23-13(21)10(9-25)18-12(20)8-16-11(19)7-17-14(22)24-15(2,3)4/h5,10,25H,1,6-9H2,2-4H3,(H,16,19)(H,17,22)(H,18,20)/t10-/m0/s1. The number of carbonyl (C=O) groups is 4. The summed E-state index contributed by atoms with van der Waals surface area (Å²) in [6, 6.07) is -0.937. The zero-order valence-corrected chi connectivity index (χ0v) is 15.5. The molecule has 0 saturated carbocycles. The molecule has 0 heterocycles. The normalized spacial score (nSPS) is 11.7. The molecule has 9 nitrogen and oxygen atoms in total. The van der Waals surface area contributed by atoms with Crippen LogP contribution in [-0.2, 0) is 23.9 Å². The smallest absolute Gasteiger partial charge is 0.408 e. The van der Waals surface area contributed by atoms with Gasteiger partial charge in [0.1, 0.15) is 24.8 Å². The Kier molecular flexibility index (Phi) is 10.3. The van der Waals surface area contributed by atoms with Crippen molar-refractivity contribution < 1.29 is 28.7 Å². The SMILES string of the molecule is C=CCOC(=O)[C@H](CS)NC(=O)CNC(=O)CNC(=O)OC(C)(C)C. The molecule has 0 aromatic rings. The Morgan fingerprint density at radius 3 is 2.24 bits per heavy atom. The molecule has 0 rings (SSSR count). The molecule has 25 heavy (non-hydrogen) atoms. The Balaban J connectivity index is 4.14. The number of ether oxygens (including phenoxy) is 2. The highest BCUT2D eigenvalue weighted by Gasteiger charge is 2.21. The molecule has 0 aliphatic heterocycles. The van der Waals surface area contributed by atoms with Crippen LogP contribution in [0.4, 0.5) is 4.79 Å². The van der Waals surface area contributed by atoms with E-state index in [0.717, 1.165) is 0 Å². The van der Waals surface area contributed by atoms with Gasteiger partial charge in [0.25, 0.3) is 0 Å². The molecule has 0 bridgehead atoms. The van der Waals surface area contributed by atoms with E-state index in [9.17, 15) is 19.2 Å². The summed E-state index contributed by atoms with van der Waals surface area (Å²) in [5, 5.41) is 6.93. The van der Waals surface area contributed by atoms with Gasteiger partial charge in [-0.2, -0.15) is 12.6 Å². The lowest BCUT2D eigenvalue weighted by Crippen LogP contribution is -2.48. The first kappa shape index (κ1) is 22.8. The van der Waals surface area contributed by atoms with E-state index in [2.05, 4.69) is 35.2 Å². The fourth-order valence-electron chi connectivity index (χ4n) is 1.37. The van der Waals surface area contributed by atoms with Crippen LogP contribution in [0.2, 0.25) is 0 Å². The van der Waals surface area contributed by atoms with Gasteiger partial charge in [-0.25, -0.2) is 9.59 Å². The molecule has 10 heteroatoms. The number of hydrogen-bond donors (Lipinski definition) is 4. The fourth-order valence-corrected chi connectivity index (χ4v) is 1.61. The highest BCUT2D eigenvalue weighted by Crippen LogP contribution is 2.05. The van der Waals surface area contributed by atoms with Crippen molar-refractivity contribution in [3.8, 4) is 0 Å². The lowest BCUT2D eigenvalue weighted by atomic mass is 10.2. The van der Waals surface area contributed by atoms with Gasteiger partial charge in [0.15, 0.2) is 0 Å². The van der Waals surface area contributed by atoms with Gasteiger partial charge in [-0.05, 0) is 20.8 Å². The van der Waals surface area contributed by atoms with Crippen LogP contribution in [0.3, 0.4) is 0 Å². The van der Waals surface area contributed by atoms with E-state index in [0.29, 0.717) is 0 Å². The van der Waals surface area contributed by atoms with Crippen LogP contribution in [0.5, 0.6) is 0 Å². The topological polar surface area (TPSA) is 123 Å². The minimum atomic E-state index is -0.937. The monoisotopic (exact) mass is 375 g/mol. The average Bonchev–Trinajstić information content (AvgIpc) is 2.52. The van der Waals surface area contributed by atoms with Crippen molar-refractivity contribution in [2.45, 2.75) is 32.4 Å². The highest BCUT2D eigenvalue weighted by molar-refractivity contribution is 7.80. The number of hydrogen-bond acceptors (Lipinski definition) is 7. The molecule has 1 atom stereocenters. The number of carbonyl (C=O) groups excluding carboxylic acids is 4. The van der Waals surface area contributed by atoms with Crippen LogP contribution >= 0.6 is 12.6 Å². The first-order valence-corrected chi connectivity index (χ1v) is 8.13. The Labute approximate surface area is 152 Å². The van der Waals surface area contributed by atoms with Gasteiger partial charge < -0.3 is 25.4 Å². The van der Waals surface area contributed by atoms with Crippen molar-refractivity contribution in [3.05, 3.63) is 12.7 Å². The molecular formula is C15H25N3O6S. The van der Waals surface area contributed by atoms with E-state index in [1.807, 2.05) is 0 Å². The van der Waals surface area contributed by atoms with Gasteiger partial charge in [-0.1, -0.05) is 12.7 Å². The molecule has 0 aromatic heterocycles. The van der Waals surface area contributed by atoms with Crippen molar-refractivity contribution in [3.63, 3.8) is 0 Å². The summed E-state index contributed by atoms with van der Waals surface area (Å²) in [6.45, 7) is 7.78. The first-order valence-electron chi connectivity index (χ1n) is 7.50. The summed E-state index contributed by atoms with van der Waals surface area (Å²) < 4.78 is 9.77. The van der Waals surface area contributed by atoms with E-state index in [-0.39, 0.29) is 25.4 Å². The molecule has 142 valence electrons. The number of esters is 1. The predicted octanol–water partition coefficient (Wildman–Crippen LogP) is -0.229. The van der Waals surface area contributed by atoms with Gasteiger partial charge in [0.2, 0.25) is 11.8 Å². The summed E-state index contributed by atoms with van der Waals surface area (Å²) in [7, 11) is 0. The molecule has 0 fully saturated rings. The van der Waals surface area contributed by atoms with Gasteiger partial charge in [0.05, 0.1) is 6.54 Å². The van der Waals surface area contributed by atoms with Crippen molar-refractivity contribution in [1.82, 2.24) is 16.0 Å². The second kappa shape index (κ2) is 11.3. The van der Waals surface area contributed by atoms with Gasteiger partial charge >= 0.3 is 12.1 Å². The summed E-state index contributed by atoms with van der Waals surface area (Å²) >= 11 is 3.96. The first-order chi connectivity index (χ1) is 11.6. The molecule has 0 unspecified atom stereocenters. The van der Waals surface area contributed by atoms with E-state index >= 15 is 0 Å². The highest BCUT2D eigenvalue weighted by atomic mass is 32.1. The van der Waals surface area contributed by atoms with Crippen LogP contribution in [-0.4, -0.2) is 61.0 Å². The lowest BCUT2D eigenvalue weighted by Gasteiger charge is -2.19. The zero-order chi connectivity index (χ0) is 19.5. The van der Waals surface area contributed by atoms with E-state index < -0.39 is 35.5 Å². The van der Waals surface area contributed by atoms with Crippen molar-refractivity contribution in [1.29, 1.82) is 0 Å². The summed E-state index contributed by atoms with van der Waals surface area (Å²) in [5.41, 5.74) is -0.678. The van der Waals surface area contributed by atoms with Crippen LogP contribution in [0.1, 0.15) is 20.8 Å². The summed E-state index contributed by atoms with van der Waals surface area (Å²) in [6.07, 6.45) is 0.653. The maximum Gasteiger partial charge on any atom is 0.408 e. The summed E-state index contributed by atoms with van der Waals surface area (Å²) in [5.74, 6) is -1.80. The maximum atomic E-state index is 11.7. The van der Waals surface area contributed by atoms with Crippen LogP contribution in [0.15, 0.2) is 12.7 Å². The predicted molar refractivity (Wildman–Crippen MR) is 94.2 cm³/mol. The Morgan fingerprint density at radius 2 is 1.72 bits per heavy atom. The molecule has 3 N–H and O–H groups in total. The average molecular weight is 375 g/mol. The van der Waals surface area contributed by atoms with E-state index in [1.165, 1.54) is 6.08 Å². The molecule has 0 aromatic carbocycles. The molecule has 0 spiro atoms. The minimum absolute atomic E-state index is 0.0199. The van der Waals surface area contributed by atoms with Crippen molar-refractivity contribution in [2.75, 3.05) is 25.4 Å². The fraction of sp³-hybridized carbons (Fsp3) is 0.600. The number of nitrogens with one attached hydrogen (secondary N) is 3. The van der Waals surface area contributed by atoms with Gasteiger partial charge in [-0.15, -0.1) is 0 Å². The van der Waals surface area contributed by atoms with Crippen LogP contribution in [0.25, 0.3) is 0 Å². The molecule has 0 aliphatic rings. The van der Waals surface area contributed by atoms with E-state index in [1.54, 1.807) is 20.8 Å². The molecule has 3 amide bonds. The van der Waals surface area contributed by atoms with Crippen LogP contribution in [0, 0.1) is 0 Å². The summed E-state index contributed by atoms with van der Waals surface area (Å²) in [4.78, 5) is 46.3. The second-order valence-corrected chi connectivity index (χ2v) is 6.22. The van der Waals surface area contributed by atoms with Gasteiger partial charge in [0, 0.05) is 5.75 Å². The third-order valence-electron chi connectivity index (χ3n) is 2.38. The van der Waals surface area contributed by atoms with Gasteiger partial charge in [-0.3, -0.25) is 9.59 Å². The molecule has 0 radical (unpaired) electrons.